The fourth-order valence-electron chi connectivity index (χ4n) is 4.34. The molecule has 0 fully saturated rings. The van der Waals surface area contributed by atoms with Crippen LogP contribution < -0.4 is 0 Å². The van der Waals surface area contributed by atoms with E-state index in [0.717, 1.165) is 17.5 Å². The highest BCUT2D eigenvalue weighted by atomic mass is 32.1. The number of nitrogens with zero attached hydrogens (tertiary/aromatic N) is 2. The highest BCUT2D eigenvalue weighted by molar-refractivity contribution is 7.10. The molecule has 2 amide bonds. The van der Waals surface area contributed by atoms with Gasteiger partial charge in [0.2, 0.25) is 11.8 Å². The molecular weight excluding hydrogens is 428 g/mol. The minimum Gasteiger partial charge on any atom is -0.330 e. The van der Waals surface area contributed by atoms with Gasteiger partial charge in [0, 0.05) is 24.0 Å². The second kappa shape index (κ2) is 10.6. The number of amides is 2. The molecule has 2 heterocycles. The van der Waals surface area contributed by atoms with Gasteiger partial charge in [-0.25, -0.2) is 0 Å². The summed E-state index contributed by atoms with van der Waals surface area (Å²) in [4.78, 5) is 31.6. The number of thiophene rings is 1. The number of carbonyl (C=O) groups excluding carboxylic acids is 2. The molecule has 5 heteroatoms. The van der Waals surface area contributed by atoms with Crippen molar-refractivity contribution in [2.75, 3.05) is 19.6 Å². The van der Waals surface area contributed by atoms with E-state index in [1.807, 2.05) is 59.5 Å². The van der Waals surface area contributed by atoms with E-state index >= 15 is 0 Å². The lowest BCUT2D eigenvalue weighted by molar-refractivity contribution is -0.140. The van der Waals surface area contributed by atoms with Gasteiger partial charge in [0.15, 0.2) is 0 Å². The summed E-state index contributed by atoms with van der Waals surface area (Å²) in [6.07, 6.45) is 4.24. The maximum atomic E-state index is 13.6. The summed E-state index contributed by atoms with van der Waals surface area (Å²) in [5.41, 5.74) is 3.28. The molecule has 4 nitrogen and oxygen atoms in total. The minimum atomic E-state index is -0.134. The van der Waals surface area contributed by atoms with E-state index in [9.17, 15) is 9.59 Å². The number of hydrogen-bond donors (Lipinski definition) is 0. The van der Waals surface area contributed by atoms with E-state index in [1.54, 1.807) is 22.3 Å². The Morgan fingerprint density at radius 1 is 1.06 bits per heavy atom. The number of carbonyl (C=O) groups is 2. The molecule has 0 aliphatic carbocycles. The average molecular weight is 459 g/mol. The standard InChI is InChI=1S/C28H30N2O2S/c1-21(2)19-29(26(31)14-13-22-9-5-3-6-10-22)20-27(32)30-17-15-25-24(16-18-33-25)28(30)23-11-7-4-8-12-23/h3-14,16,18,21,28H,15,17,19-20H2,1-2H3. The molecule has 0 saturated heterocycles. The van der Waals surface area contributed by atoms with Crippen molar-refractivity contribution in [3.8, 4) is 0 Å². The van der Waals surface area contributed by atoms with Crippen molar-refractivity contribution in [3.05, 3.63) is 99.8 Å². The summed E-state index contributed by atoms with van der Waals surface area (Å²) in [5.74, 6) is 0.120. The normalized spacial score (nSPS) is 15.6. The van der Waals surface area contributed by atoms with Gasteiger partial charge < -0.3 is 9.80 Å². The van der Waals surface area contributed by atoms with Crippen molar-refractivity contribution in [1.82, 2.24) is 9.80 Å². The van der Waals surface area contributed by atoms with Gasteiger partial charge in [-0.05, 0) is 46.6 Å². The molecule has 1 aliphatic heterocycles. The number of fused-ring (bicyclic) bond motifs is 1. The molecule has 0 bridgehead atoms. The van der Waals surface area contributed by atoms with Gasteiger partial charge in [-0.3, -0.25) is 9.59 Å². The number of hydrogen-bond acceptors (Lipinski definition) is 3. The van der Waals surface area contributed by atoms with Crippen LogP contribution in [0.5, 0.6) is 0 Å². The Labute approximate surface area is 200 Å². The zero-order chi connectivity index (χ0) is 23.2. The lowest BCUT2D eigenvalue weighted by Crippen LogP contribution is -2.47. The molecule has 0 radical (unpaired) electrons. The molecule has 1 aromatic heterocycles. The Morgan fingerprint density at radius 3 is 2.45 bits per heavy atom. The zero-order valence-electron chi connectivity index (χ0n) is 19.2. The van der Waals surface area contributed by atoms with E-state index in [0.29, 0.717) is 13.1 Å². The van der Waals surface area contributed by atoms with Gasteiger partial charge in [0.1, 0.15) is 6.54 Å². The first-order valence-electron chi connectivity index (χ1n) is 11.5. The van der Waals surface area contributed by atoms with E-state index in [2.05, 4.69) is 37.4 Å². The molecule has 3 aromatic rings. The molecule has 0 saturated carbocycles. The van der Waals surface area contributed by atoms with E-state index in [4.69, 9.17) is 0 Å². The molecule has 170 valence electrons. The molecule has 0 N–H and O–H groups in total. The van der Waals surface area contributed by atoms with Gasteiger partial charge in [-0.1, -0.05) is 74.5 Å². The van der Waals surface area contributed by atoms with E-state index < -0.39 is 0 Å². The van der Waals surface area contributed by atoms with Crippen molar-refractivity contribution in [2.45, 2.75) is 26.3 Å². The van der Waals surface area contributed by atoms with Gasteiger partial charge in [-0.15, -0.1) is 11.3 Å². The van der Waals surface area contributed by atoms with Crippen LogP contribution in [0, 0.1) is 5.92 Å². The lowest BCUT2D eigenvalue weighted by atomic mass is 9.93. The third kappa shape index (κ3) is 5.60. The quantitative estimate of drug-likeness (QED) is 0.444. The van der Waals surface area contributed by atoms with Crippen LogP contribution >= 0.6 is 11.3 Å². The molecule has 4 rings (SSSR count). The monoisotopic (exact) mass is 458 g/mol. The van der Waals surface area contributed by atoms with Crippen molar-refractivity contribution in [1.29, 1.82) is 0 Å². The number of benzene rings is 2. The molecule has 0 spiro atoms. The summed E-state index contributed by atoms with van der Waals surface area (Å²) >= 11 is 1.76. The summed E-state index contributed by atoms with van der Waals surface area (Å²) in [6, 6.07) is 22.0. The maximum absolute atomic E-state index is 13.6. The lowest BCUT2D eigenvalue weighted by Gasteiger charge is -2.37. The fourth-order valence-corrected chi connectivity index (χ4v) is 5.25. The van der Waals surface area contributed by atoms with Crippen molar-refractivity contribution in [2.24, 2.45) is 5.92 Å². The average Bonchev–Trinajstić information content (AvgIpc) is 3.31. The van der Waals surface area contributed by atoms with Crippen LogP contribution in [-0.4, -0.2) is 41.2 Å². The predicted molar refractivity (Wildman–Crippen MR) is 135 cm³/mol. The maximum Gasteiger partial charge on any atom is 0.247 e. The molecule has 1 unspecified atom stereocenters. The first-order valence-corrected chi connectivity index (χ1v) is 12.3. The van der Waals surface area contributed by atoms with Crippen LogP contribution in [-0.2, 0) is 16.0 Å². The summed E-state index contributed by atoms with van der Waals surface area (Å²) < 4.78 is 0. The van der Waals surface area contributed by atoms with Crippen LogP contribution in [0.3, 0.4) is 0 Å². The Kier molecular flexibility index (Phi) is 7.40. The Balaban J connectivity index is 1.55. The topological polar surface area (TPSA) is 40.6 Å². The number of rotatable bonds is 7. The van der Waals surface area contributed by atoms with Crippen LogP contribution in [0.1, 0.15) is 41.5 Å². The summed E-state index contributed by atoms with van der Waals surface area (Å²) in [5, 5.41) is 2.11. The molecule has 33 heavy (non-hydrogen) atoms. The van der Waals surface area contributed by atoms with Crippen LogP contribution in [0.2, 0.25) is 0 Å². The first kappa shape index (κ1) is 23.0. The molecule has 1 aliphatic rings. The third-order valence-electron chi connectivity index (χ3n) is 5.84. The van der Waals surface area contributed by atoms with Gasteiger partial charge in [0.05, 0.1) is 6.04 Å². The predicted octanol–water partition coefficient (Wildman–Crippen LogP) is 5.42. The highest BCUT2D eigenvalue weighted by Gasteiger charge is 2.33. The SMILES string of the molecule is CC(C)CN(CC(=O)N1CCc2sccc2C1c1ccccc1)C(=O)C=Cc1ccccc1. The van der Waals surface area contributed by atoms with E-state index in [-0.39, 0.29) is 30.3 Å². The highest BCUT2D eigenvalue weighted by Crippen LogP contribution is 2.37. The van der Waals surface area contributed by atoms with Crippen LogP contribution in [0.4, 0.5) is 0 Å². The summed E-state index contributed by atoms with van der Waals surface area (Å²) in [6.45, 7) is 5.42. The van der Waals surface area contributed by atoms with Crippen molar-refractivity contribution in [3.63, 3.8) is 0 Å². The van der Waals surface area contributed by atoms with Crippen LogP contribution in [0.15, 0.2) is 78.2 Å². The van der Waals surface area contributed by atoms with Gasteiger partial charge >= 0.3 is 0 Å². The second-order valence-electron chi connectivity index (χ2n) is 8.81. The Bertz CT molecular complexity index is 1110. The van der Waals surface area contributed by atoms with Gasteiger partial charge in [0.25, 0.3) is 0 Å². The molecule has 1 atom stereocenters. The van der Waals surface area contributed by atoms with Crippen molar-refractivity contribution >= 4 is 29.2 Å². The second-order valence-corrected chi connectivity index (χ2v) is 9.81. The van der Waals surface area contributed by atoms with Crippen LogP contribution in [0.25, 0.3) is 6.08 Å². The largest absolute Gasteiger partial charge is 0.330 e. The third-order valence-corrected chi connectivity index (χ3v) is 6.84. The minimum absolute atomic E-state index is 0.0113. The Hall–Kier alpha value is -3.18. The van der Waals surface area contributed by atoms with Crippen molar-refractivity contribution < 1.29 is 9.59 Å². The zero-order valence-corrected chi connectivity index (χ0v) is 20.0. The van der Waals surface area contributed by atoms with E-state index in [1.165, 1.54) is 10.4 Å². The van der Waals surface area contributed by atoms with Gasteiger partial charge in [-0.2, -0.15) is 0 Å². The summed E-state index contributed by atoms with van der Waals surface area (Å²) in [7, 11) is 0. The molecular formula is C28H30N2O2S. The smallest absolute Gasteiger partial charge is 0.247 e. The molecule has 2 aromatic carbocycles. The first-order chi connectivity index (χ1) is 16.0. The fraction of sp³-hybridized carbons (Fsp3) is 0.286. The Morgan fingerprint density at radius 2 is 1.76 bits per heavy atom.